The molecule has 4 heteroatoms. The minimum Gasteiger partial charge on any atom is -0.372 e. The van der Waals surface area contributed by atoms with Crippen LogP contribution in [0.5, 0.6) is 0 Å². The molecular formula is C8H13F2NO. The SMILES string of the molecule is CN1CCOC2(C1)CC(F)(F)C2. The van der Waals surface area contributed by atoms with E-state index in [1.54, 1.807) is 0 Å². The maximum Gasteiger partial charge on any atom is 0.253 e. The van der Waals surface area contributed by atoms with Gasteiger partial charge in [0.25, 0.3) is 5.92 Å². The quantitative estimate of drug-likeness (QED) is 0.549. The molecule has 70 valence electrons. The molecular weight excluding hydrogens is 164 g/mol. The van der Waals surface area contributed by atoms with Crippen LogP contribution in [0.25, 0.3) is 0 Å². The third-order valence-corrected chi connectivity index (χ3v) is 2.60. The summed E-state index contributed by atoms with van der Waals surface area (Å²) in [5, 5.41) is 0. The van der Waals surface area contributed by atoms with Crippen molar-refractivity contribution in [1.82, 2.24) is 4.90 Å². The zero-order valence-corrected chi connectivity index (χ0v) is 7.15. The smallest absolute Gasteiger partial charge is 0.253 e. The van der Waals surface area contributed by atoms with Crippen LogP contribution in [-0.4, -0.2) is 43.2 Å². The molecule has 1 heterocycles. The lowest BCUT2D eigenvalue weighted by Crippen LogP contribution is -2.62. The molecule has 1 saturated carbocycles. The van der Waals surface area contributed by atoms with Crippen LogP contribution in [0.15, 0.2) is 0 Å². The van der Waals surface area contributed by atoms with Crippen molar-refractivity contribution < 1.29 is 13.5 Å². The van der Waals surface area contributed by atoms with E-state index < -0.39 is 11.5 Å². The van der Waals surface area contributed by atoms with Crippen LogP contribution in [-0.2, 0) is 4.74 Å². The number of halogens is 2. The number of rotatable bonds is 0. The van der Waals surface area contributed by atoms with Crippen molar-refractivity contribution in [2.75, 3.05) is 26.7 Å². The Bertz CT molecular complexity index is 182. The molecule has 1 aliphatic heterocycles. The molecule has 0 atom stereocenters. The number of nitrogens with zero attached hydrogens (tertiary/aromatic N) is 1. The fourth-order valence-electron chi connectivity index (χ4n) is 2.14. The summed E-state index contributed by atoms with van der Waals surface area (Å²) in [5.41, 5.74) is -0.517. The fraction of sp³-hybridized carbons (Fsp3) is 1.00. The van der Waals surface area contributed by atoms with Crippen molar-refractivity contribution in [3.8, 4) is 0 Å². The van der Waals surface area contributed by atoms with Gasteiger partial charge in [-0.05, 0) is 7.05 Å². The topological polar surface area (TPSA) is 12.5 Å². The molecule has 1 aliphatic carbocycles. The van der Waals surface area contributed by atoms with Gasteiger partial charge >= 0.3 is 0 Å². The highest BCUT2D eigenvalue weighted by molar-refractivity contribution is 5.04. The normalized spacial score (nSPS) is 33.2. The van der Waals surface area contributed by atoms with Crippen molar-refractivity contribution in [2.24, 2.45) is 0 Å². The number of hydrogen-bond acceptors (Lipinski definition) is 2. The van der Waals surface area contributed by atoms with Crippen LogP contribution in [0.4, 0.5) is 8.78 Å². The molecule has 0 radical (unpaired) electrons. The van der Waals surface area contributed by atoms with Crippen molar-refractivity contribution >= 4 is 0 Å². The predicted octanol–water partition coefficient (Wildman–Crippen LogP) is 1.12. The number of hydrogen-bond donors (Lipinski definition) is 0. The highest BCUT2D eigenvalue weighted by Crippen LogP contribution is 2.48. The lowest BCUT2D eigenvalue weighted by molar-refractivity contribution is -0.248. The molecule has 0 bridgehead atoms. The molecule has 0 unspecified atom stereocenters. The highest BCUT2D eigenvalue weighted by Gasteiger charge is 2.58. The standard InChI is InChI=1S/C8H13F2NO/c1-11-2-3-12-7(6-11)4-8(9,10)5-7/h2-6H2,1H3. The number of alkyl halides is 2. The maximum absolute atomic E-state index is 12.6. The Kier molecular flexibility index (Phi) is 1.67. The third kappa shape index (κ3) is 1.33. The van der Waals surface area contributed by atoms with Crippen LogP contribution in [0.1, 0.15) is 12.8 Å². The summed E-state index contributed by atoms with van der Waals surface area (Å²) in [7, 11) is 1.95. The molecule has 2 aliphatic rings. The van der Waals surface area contributed by atoms with Gasteiger partial charge in [0, 0.05) is 25.9 Å². The molecule has 0 aromatic carbocycles. The predicted molar refractivity (Wildman–Crippen MR) is 40.4 cm³/mol. The first kappa shape index (κ1) is 8.38. The van der Waals surface area contributed by atoms with Gasteiger partial charge < -0.3 is 9.64 Å². The van der Waals surface area contributed by atoms with Crippen LogP contribution in [0.2, 0.25) is 0 Å². The Labute approximate surface area is 70.5 Å². The highest BCUT2D eigenvalue weighted by atomic mass is 19.3. The van der Waals surface area contributed by atoms with E-state index in [4.69, 9.17) is 4.74 Å². The van der Waals surface area contributed by atoms with Gasteiger partial charge in [-0.25, -0.2) is 8.78 Å². The molecule has 2 nitrogen and oxygen atoms in total. The zero-order chi connectivity index (χ0) is 8.82. The van der Waals surface area contributed by atoms with E-state index in [-0.39, 0.29) is 12.8 Å². The van der Waals surface area contributed by atoms with Gasteiger partial charge in [0.15, 0.2) is 0 Å². The molecule has 0 aromatic heterocycles. The summed E-state index contributed by atoms with van der Waals surface area (Å²) in [6.07, 6.45) is -0.186. The summed E-state index contributed by atoms with van der Waals surface area (Å²) >= 11 is 0. The van der Waals surface area contributed by atoms with E-state index in [1.165, 1.54) is 0 Å². The Hall–Kier alpha value is -0.220. The van der Waals surface area contributed by atoms with Gasteiger partial charge in [-0.1, -0.05) is 0 Å². The van der Waals surface area contributed by atoms with Crippen LogP contribution >= 0.6 is 0 Å². The first-order chi connectivity index (χ1) is 5.52. The molecule has 0 aromatic rings. The van der Waals surface area contributed by atoms with E-state index in [9.17, 15) is 8.78 Å². The van der Waals surface area contributed by atoms with E-state index in [0.717, 1.165) is 6.54 Å². The molecule has 1 saturated heterocycles. The van der Waals surface area contributed by atoms with E-state index in [0.29, 0.717) is 13.2 Å². The Morgan fingerprint density at radius 2 is 2.00 bits per heavy atom. The lowest BCUT2D eigenvalue weighted by atomic mass is 9.75. The van der Waals surface area contributed by atoms with E-state index >= 15 is 0 Å². The average Bonchev–Trinajstić information content (AvgIpc) is 1.81. The molecule has 2 fully saturated rings. The third-order valence-electron chi connectivity index (χ3n) is 2.60. The summed E-state index contributed by atoms with van der Waals surface area (Å²) in [6.45, 7) is 2.10. The lowest BCUT2D eigenvalue weighted by Gasteiger charge is -2.51. The minimum absolute atomic E-state index is 0.0929. The van der Waals surface area contributed by atoms with Gasteiger partial charge in [0.1, 0.15) is 0 Å². The minimum atomic E-state index is -2.47. The van der Waals surface area contributed by atoms with Gasteiger partial charge in [-0.3, -0.25) is 0 Å². The number of morpholine rings is 1. The largest absolute Gasteiger partial charge is 0.372 e. The summed E-state index contributed by atoms with van der Waals surface area (Å²) in [6, 6.07) is 0. The van der Waals surface area contributed by atoms with Crippen molar-refractivity contribution in [3.63, 3.8) is 0 Å². The first-order valence-electron chi connectivity index (χ1n) is 4.22. The van der Waals surface area contributed by atoms with Crippen LogP contribution in [0, 0.1) is 0 Å². The van der Waals surface area contributed by atoms with Gasteiger partial charge in [-0.15, -0.1) is 0 Å². The fourth-order valence-corrected chi connectivity index (χ4v) is 2.14. The summed E-state index contributed by atoms with van der Waals surface area (Å²) in [5.74, 6) is -2.47. The van der Waals surface area contributed by atoms with E-state index in [2.05, 4.69) is 4.90 Å². The van der Waals surface area contributed by atoms with Crippen molar-refractivity contribution in [3.05, 3.63) is 0 Å². The van der Waals surface area contributed by atoms with Crippen molar-refractivity contribution in [1.29, 1.82) is 0 Å². The van der Waals surface area contributed by atoms with Crippen molar-refractivity contribution in [2.45, 2.75) is 24.4 Å². The molecule has 0 N–H and O–H groups in total. The van der Waals surface area contributed by atoms with E-state index in [1.807, 2.05) is 7.05 Å². The molecule has 12 heavy (non-hydrogen) atoms. The second kappa shape index (κ2) is 2.39. The Morgan fingerprint density at radius 3 is 2.50 bits per heavy atom. The summed E-state index contributed by atoms with van der Waals surface area (Å²) < 4.78 is 30.6. The van der Waals surface area contributed by atoms with Gasteiger partial charge in [0.05, 0.1) is 12.2 Å². The van der Waals surface area contributed by atoms with Crippen LogP contribution < -0.4 is 0 Å². The summed E-state index contributed by atoms with van der Waals surface area (Å²) in [4.78, 5) is 2.05. The Morgan fingerprint density at radius 1 is 1.33 bits per heavy atom. The van der Waals surface area contributed by atoms with Gasteiger partial charge in [-0.2, -0.15) is 0 Å². The first-order valence-corrected chi connectivity index (χ1v) is 4.22. The molecule has 1 spiro atoms. The number of ether oxygens (including phenoxy) is 1. The maximum atomic E-state index is 12.6. The zero-order valence-electron chi connectivity index (χ0n) is 7.15. The van der Waals surface area contributed by atoms with Gasteiger partial charge in [0.2, 0.25) is 0 Å². The van der Waals surface area contributed by atoms with Crippen LogP contribution in [0.3, 0.4) is 0 Å². The Balaban J connectivity index is 1.96. The molecule has 0 amide bonds. The molecule has 2 rings (SSSR count). The number of likely N-dealkylation sites (N-methyl/N-ethyl adjacent to an activating group) is 1. The average molecular weight is 177 g/mol. The monoisotopic (exact) mass is 177 g/mol. The second-order valence-corrected chi connectivity index (χ2v) is 3.98. The second-order valence-electron chi connectivity index (χ2n) is 3.98.